The minimum Gasteiger partial charge on any atom is -0.477 e. The molecule has 0 aliphatic carbocycles. The van der Waals surface area contributed by atoms with Crippen molar-refractivity contribution in [2.45, 2.75) is 11.1 Å². The third kappa shape index (κ3) is 2.01. The third-order valence-corrected chi connectivity index (χ3v) is 4.47. The topological polar surface area (TPSA) is 145 Å². The highest BCUT2D eigenvalue weighted by Crippen LogP contribution is 2.45. The zero-order valence-electron chi connectivity index (χ0n) is 10.5. The smallest absolute Gasteiger partial charge is 0.404 e. The van der Waals surface area contributed by atoms with Crippen LogP contribution in [-0.4, -0.2) is 58.5 Å². The molecule has 0 spiro atoms. The van der Waals surface area contributed by atoms with Gasteiger partial charge in [-0.15, -0.1) is 11.8 Å². The van der Waals surface area contributed by atoms with Crippen LogP contribution in [0, 0.1) is 0 Å². The van der Waals surface area contributed by atoms with Gasteiger partial charge in [-0.25, -0.2) is 9.59 Å². The van der Waals surface area contributed by atoms with E-state index in [2.05, 4.69) is 4.74 Å². The number of hydrogen-bond donors (Lipinski definition) is 3. The molecule has 0 aromatic carbocycles. The molecular formula is C10H13N3O6S. The number of primary amides is 1. The van der Waals surface area contributed by atoms with E-state index in [1.54, 1.807) is 0 Å². The highest BCUT2D eigenvalue weighted by Gasteiger charge is 2.63. The van der Waals surface area contributed by atoms with Gasteiger partial charge in [-0.2, -0.15) is 0 Å². The maximum atomic E-state index is 12.0. The van der Waals surface area contributed by atoms with Crippen molar-refractivity contribution in [3.8, 4) is 0 Å². The van der Waals surface area contributed by atoms with Crippen LogP contribution in [0.15, 0.2) is 11.3 Å². The van der Waals surface area contributed by atoms with E-state index in [9.17, 15) is 19.5 Å². The summed E-state index contributed by atoms with van der Waals surface area (Å²) in [7, 11) is 1.28. The monoisotopic (exact) mass is 303 g/mol. The van der Waals surface area contributed by atoms with Gasteiger partial charge in [-0.05, 0) is 0 Å². The molecule has 2 aliphatic heterocycles. The first-order chi connectivity index (χ1) is 9.32. The van der Waals surface area contributed by atoms with Gasteiger partial charge < -0.3 is 20.3 Å². The Labute approximate surface area is 117 Å². The van der Waals surface area contributed by atoms with Crippen LogP contribution in [0.5, 0.6) is 0 Å². The molecule has 0 radical (unpaired) electrons. The number of carboxylic acid groups (broad SMARTS) is 1. The van der Waals surface area contributed by atoms with E-state index < -0.39 is 29.1 Å². The standard InChI is InChI=1S/C10H13N3O6S/c1-18-10(12)7(16)13-5(6(14)15)4(2-19-9(11)17)3-20-8(10)13/h8H,2-3,12H2,1H3,(H2,11,17)(H,14,15)/t8-,10+/m1/s1. The minimum atomic E-state index is -1.53. The molecule has 20 heavy (non-hydrogen) atoms. The van der Waals surface area contributed by atoms with Gasteiger partial charge in [0, 0.05) is 18.4 Å². The van der Waals surface area contributed by atoms with Gasteiger partial charge in [0.2, 0.25) is 5.72 Å². The molecule has 10 heteroatoms. The van der Waals surface area contributed by atoms with E-state index in [4.69, 9.17) is 16.2 Å². The van der Waals surface area contributed by atoms with E-state index in [1.165, 1.54) is 18.9 Å². The zero-order valence-corrected chi connectivity index (χ0v) is 11.3. The lowest BCUT2D eigenvalue weighted by Crippen LogP contribution is -2.78. The van der Waals surface area contributed by atoms with Crippen LogP contribution in [0.4, 0.5) is 4.79 Å². The molecule has 0 bridgehead atoms. The number of nitrogens with zero attached hydrogens (tertiary/aromatic N) is 1. The molecule has 5 N–H and O–H groups in total. The zero-order chi connectivity index (χ0) is 15.1. The fourth-order valence-corrected chi connectivity index (χ4v) is 3.45. The Kier molecular flexibility index (Phi) is 3.63. The van der Waals surface area contributed by atoms with Crippen molar-refractivity contribution < 1.29 is 29.0 Å². The summed E-state index contributed by atoms with van der Waals surface area (Å²) in [6.45, 7) is -0.287. The van der Waals surface area contributed by atoms with E-state index in [0.717, 1.165) is 4.90 Å². The molecule has 2 atom stereocenters. The molecule has 0 aromatic rings. The second-order valence-corrected chi connectivity index (χ2v) is 5.27. The van der Waals surface area contributed by atoms with Crippen molar-refractivity contribution in [2.75, 3.05) is 19.5 Å². The van der Waals surface area contributed by atoms with Crippen molar-refractivity contribution in [3.63, 3.8) is 0 Å². The molecule has 0 saturated carbocycles. The first-order valence-corrected chi connectivity index (χ1v) is 6.54. The van der Waals surface area contributed by atoms with Crippen LogP contribution in [-0.2, 0) is 19.1 Å². The number of thioether (sulfide) groups is 1. The van der Waals surface area contributed by atoms with E-state index in [1.807, 2.05) is 0 Å². The largest absolute Gasteiger partial charge is 0.477 e. The average Bonchev–Trinajstić information content (AvgIpc) is 2.42. The number of ether oxygens (including phenoxy) is 2. The Bertz CT molecular complexity index is 521. The summed E-state index contributed by atoms with van der Waals surface area (Å²) >= 11 is 1.23. The molecule has 110 valence electrons. The normalized spacial score (nSPS) is 28.8. The molecule has 0 aromatic heterocycles. The maximum Gasteiger partial charge on any atom is 0.404 e. The quantitative estimate of drug-likeness (QED) is 0.426. The van der Waals surface area contributed by atoms with Gasteiger partial charge in [0.25, 0.3) is 5.91 Å². The lowest BCUT2D eigenvalue weighted by Gasteiger charge is -2.54. The number of rotatable bonds is 4. The molecule has 2 rings (SSSR count). The molecular weight excluding hydrogens is 290 g/mol. The summed E-state index contributed by atoms with van der Waals surface area (Å²) in [5.74, 6) is -1.71. The molecule has 1 saturated heterocycles. The van der Waals surface area contributed by atoms with Gasteiger partial charge in [0.05, 0.1) is 0 Å². The lowest BCUT2D eigenvalue weighted by molar-refractivity contribution is -0.183. The fourth-order valence-electron chi connectivity index (χ4n) is 2.07. The summed E-state index contributed by atoms with van der Waals surface area (Å²) in [5.41, 5.74) is 9.13. The number of carbonyl (C=O) groups excluding carboxylic acids is 2. The number of carbonyl (C=O) groups is 3. The van der Waals surface area contributed by atoms with Crippen LogP contribution >= 0.6 is 11.8 Å². The predicted octanol–water partition coefficient (Wildman–Crippen LogP) is -1.36. The van der Waals surface area contributed by atoms with Crippen LogP contribution in [0.1, 0.15) is 0 Å². The summed E-state index contributed by atoms with van der Waals surface area (Å²) in [6.07, 6.45) is -1.02. The third-order valence-electron chi connectivity index (χ3n) is 3.07. The van der Waals surface area contributed by atoms with Crippen LogP contribution in [0.2, 0.25) is 0 Å². The molecule has 2 aliphatic rings. The second-order valence-electron chi connectivity index (χ2n) is 4.20. The summed E-state index contributed by atoms with van der Waals surface area (Å²) < 4.78 is 9.55. The average molecular weight is 303 g/mol. The molecule has 2 amide bonds. The van der Waals surface area contributed by atoms with E-state index in [0.29, 0.717) is 0 Å². The van der Waals surface area contributed by atoms with Crippen LogP contribution in [0.3, 0.4) is 0 Å². The van der Waals surface area contributed by atoms with Gasteiger partial charge >= 0.3 is 12.1 Å². The highest BCUT2D eigenvalue weighted by molar-refractivity contribution is 8.00. The number of amides is 2. The van der Waals surface area contributed by atoms with Gasteiger partial charge in [-0.3, -0.25) is 15.4 Å². The summed E-state index contributed by atoms with van der Waals surface area (Å²) in [5, 5.41) is 8.62. The van der Waals surface area contributed by atoms with Crippen molar-refractivity contribution in [2.24, 2.45) is 11.5 Å². The second kappa shape index (κ2) is 4.96. The Hall–Kier alpha value is -1.78. The molecule has 0 unspecified atom stereocenters. The van der Waals surface area contributed by atoms with Crippen LogP contribution < -0.4 is 11.5 Å². The highest BCUT2D eigenvalue weighted by atomic mass is 32.2. The van der Waals surface area contributed by atoms with Gasteiger partial charge in [-0.1, -0.05) is 0 Å². The number of β-lactam (4-membered cyclic amide) rings is 1. The van der Waals surface area contributed by atoms with Crippen molar-refractivity contribution in [1.29, 1.82) is 0 Å². The summed E-state index contributed by atoms with van der Waals surface area (Å²) in [6, 6.07) is 0. The number of hydrogen-bond acceptors (Lipinski definition) is 7. The van der Waals surface area contributed by atoms with Crippen molar-refractivity contribution in [3.05, 3.63) is 11.3 Å². The number of carboxylic acids is 1. The SMILES string of the molecule is CO[C@@]1(N)C(=O)N2C(C(=O)O)=C(COC(N)=O)CS[C@@H]21. The fraction of sp³-hybridized carbons (Fsp3) is 0.500. The Morgan fingerprint density at radius 3 is 2.75 bits per heavy atom. The number of fused-ring (bicyclic) bond motifs is 1. The summed E-state index contributed by atoms with van der Waals surface area (Å²) in [4.78, 5) is 34.9. The molecule has 2 heterocycles. The number of aliphatic carboxylic acids is 1. The van der Waals surface area contributed by atoms with E-state index in [-0.39, 0.29) is 23.6 Å². The van der Waals surface area contributed by atoms with Crippen LogP contribution in [0.25, 0.3) is 0 Å². The van der Waals surface area contributed by atoms with E-state index >= 15 is 0 Å². The minimum absolute atomic E-state index is 0.238. The van der Waals surface area contributed by atoms with Crippen molar-refractivity contribution in [1.82, 2.24) is 4.90 Å². The lowest BCUT2D eigenvalue weighted by atomic mass is 9.99. The Morgan fingerprint density at radius 1 is 1.60 bits per heavy atom. The first-order valence-electron chi connectivity index (χ1n) is 5.49. The number of nitrogens with two attached hydrogens (primary N) is 2. The van der Waals surface area contributed by atoms with Gasteiger partial charge in [0.1, 0.15) is 17.7 Å². The first kappa shape index (κ1) is 14.6. The maximum absolute atomic E-state index is 12.0. The molecule has 1 fully saturated rings. The Morgan fingerprint density at radius 2 is 2.25 bits per heavy atom. The van der Waals surface area contributed by atoms with Gasteiger partial charge in [0.15, 0.2) is 0 Å². The number of methoxy groups -OCH3 is 1. The predicted molar refractivity (Wildman–Crippen MR) is 67.2 cm³/mol. The van der Waals surface area contributed by atoms with Crippen molar-refractivity contribution >= 4 is 29.7 Å². The molecule has 9 nitrogen and oxygen atoms in total. The Balaban J connectivity index is 2.31.